The fraction of sp³-hybridized carbons (Fsp3) is 0.200. The minimum atomic E-state index is -0.116. The molecule has 8 heteroatoms. The summed E-state index contributed by atoms with van der Waals surface area (Å²) in [5.41, 5.74) is 2.25. The van der Waals surface area contributed by atoms with Crippen molar-refractivity contribution in [3.8, 4) is 11.5 Å². The van der Waals surface area contributed by atoms with Crippen LogP contribution in [0.2, 0.25) is 0 Å². The van der Waals surface area contributed by atoms with E-state index in [-0.39, 0.29) is 12.3 Å². The number of amides is 1. The van der Waals surface area contributed by atoms with Crippen molar-refractivity contribution in [2.75, 3.05) is 24.3 Å². The van der Waals surface area contributed by atoms with E-state index in [1.807, 2.05) is 26.2 Å². The van der Waals surface area contributed by atoms with Crippen LogP contribution >= 0.6 is 0 Å². The fourth-order valence-electron chi connectivity index (χ4n) is 1.97. The second-order valence-corrected chi connectivity index (χ2v) is 5.17. The van der Waals surface area contributed by atoms with Gasteiger partial charge in [-0.15, -0.1) is 5.10 Å². The Bertz CT molecular complexity index is 777. The number of nitrogens with zero attached hydrogens (tertiary/aromatic N) is 4. The third-order valence-corrected chi connectivity index (χ3v) is 3.12. The number of aromatic nitrogens is 4. The summed E-state index contributed by atoms with van der Waals surface area (Å²) in [5, 5.41) is 17.3. The molecule has 0 bridgehead atoms. The second-order valence-electron chi connectivity index (χ2n) is 5.17. The Kier molecular flexibility index (Phi) is 4.05. The number of benzene rings is 1. The van der Waals surface area contributed by atoms with E-state index in [0.717, 1.165) is 11.3 Å². The Morgan fingerprint density at radius 2 is 2.00 bits per heavy atom. The number of carbonyl (C=O) groups is 1. The normalized spacial score (nSPS) is 10.5. The number of hydrogen-bond donors (Lipinski definition) is 2. The molecule has 0 saturated heterocycles. The van der Waals surface area contributed by atoms with Crippen LogP contribution in [0.15, 0.2) is 40.9 Å². The van der Waals surface area contributed by atoms with E-state index in [1.165, 1.54) is 0 Å². The van der Waals surface area contributed by atoms with Gasteiger partial charge in [0.2, 0.25) is 11.8 Å². The van der Waals surface area contributed by atoms with Gasteiger partial charge in [-0.3, -0.25) is 9.89 Å². The van der Waals surface area contributed by atoms with E-state index in [4.69, 9.17) is 4.42 Å². The van der Waals surface area contributed by atoms with Crippen molar-refractivity contribution in [3.63, 3.8) is 0 Å². The Morgan fingerprint density at radius 3 is 2.61 bits per heavy atom. The largest absolute Gasteiger partial charge is 0.403 e. The second kappa shape index (κ2) is 6.30. The first-order chi connectivity index (χ1) is 11.1. The molecule has 0 aliphatic heterocycles. The van der Waals surface area contributed by atoms with Crippen LogP contribution in [0.4, 0.5) is 11.7 Å². The van der Waals surface area contributed by atoms with Gasteiger partial charge in [0, 0.05) is 37.2 Å². The Morgan fingerprint density at radius 1 is 1.22 bits per heavy atom. The minimum absolute atomic E-state index is 0.116. The summed E-state index contributed by atoms with van der Waals surface area (Å²) >= 11 is 0. The standard InChI is InChI=1S/C15H16N6O2/c1-21(2)15-20-19-14(23-15)10-3-5-11(6-4-10)17-13(22)9-12-7-8-16-18-12/h3-8H,9H2,1-2H3,(H,16,18)(H,17,22). The van der Waals surface area contributed by atoms with Gasteiger partial charge in [0.1, 0.15) is 0 Å². The lowest BCUT2D eigenvalue weighted by atomic mass is 10.2. The summed E-state index contributed by atoms with van der Waals surface area (Å²) in [6.07, 6.45) is 1.86. The van der Waals surface area contributed by atoms with Crippen molar-refractivity contribution < 1.29 is 9.21 Å². The van der Waals surface area contributed by atoms with Crippen molar-refractivity contribution in [3.05, 3.63) is 42.2 Å². The van der Waals surface area contributed by atoms with Gasteiger partial charge in [0.05, 0.1) is 6.42 Å². The van der Waals surface area contributed by atoms with Gasteiger partial charge in [-0.2, -0.15) is 5.10 Å². The van der Waals surface area contributed by atoms with Gasteiger partial charge >= 0.3 is 6.01 Å². The molecule has 1 aromatic carbocycles. The molecule has 0 unspecified atom stereocenters. The summed E-state index contributed by atoms with van der Waals surface area (Å²) in [6.45, 7) is 0. The van der Waals surface area contributed by atoms with E-state index >= 15 is 0 Å². The number of rotatable bonds is 5. The van der Waals surface area contributed by atoms with Crippen LogP contribution in [0.3, 0.4) is 0 Å². The average Bonchev–Trinajstić information content (AvgIpc) is 3.19. The first-order valence-corrected chi connectivity index (χ1v) is 7.01. The molecule has 0 saturated carbocycles. The van der Waals surface area contributed by atoms with Crippen LogP contribution in [0.25, 0.3) is 11.5 Å². The topological polar surface area (TPSA) is 99.9 Å². The Hall–Kier alpha value is -3.16. The molecular weight excluding hydrogens is 296 g/mol. The average molecular weight is 312 g/mol. The molecule has 2 N–H and O–H groups in total. The maximum absolute atomic E-state index is 11.9. The number of carbonyl (C=O) groups excluding carboxylic acids is 1. The predicted molar refractivity (Wildman–Crippen MR) is 85.0 cm³/mol. The lowest BCUT2D eigenvalue weighted by Gasteiger charge is -2.05. The van der Waals surface area contributed by atoms with Crippen LogP contribution in [0, 0.1) is 0 Å². The maximum atomic E-state index is 11.9. The summed E-state index contributed by atoms with van der Waals surface area (Å²) in [5.74, 6) is 0.318. The molecule has 3 aromatic rings. The number of aromatic amines is 1. The third-order valence-electron chi connectivity index (χ3n) is 3.12. The van der Waals surface area contributed by atoms with E-state index in [0.29, 0.717) is 17.6 Å². The molecule has 2 heterocycles. The van der Waals surface area contributed by atoms with Crippen molar-refractivity contribution in [1.82, 2.24) is 20.4 Å². The van der Waals surface area contributed by atoms with Gasteiger partial charge < -0.3 is 14.6 Å². The van der Waals surface area contributed by atoms with Crippen molar-refractivity contribution in [2.24, 2.45) is 0 Å². The molecule has 0 radical (unpaired) electrons. The number of anilines is 2. The molecule has 0 aliphatic carbocycles. The van der Waals surface area contributed by atoms with Crippen LogP contribution in [-0.2, 0) is 11.2 Å². The number of hydrogen-bond acceptors (Lipinski definition) is 6. The highest BCUT2D eigenvalue weighted by Crippen LogP contribution is 2.22. The van der Waals surface area contributed by atoms with Crippen LogP contribution in [0.5, 0.6) is 0 Å². The van der Waals surface area contributed by atoms with E-state index in [9.17, 15) is 4.79 Å². The molecular formula is C15H16N6O2. The van der Waals surface area contributed by atoms with Gasteiger partial charge in [-0.05, 0) is 30.3 Å². The van der Waals surface area contributed by atoms with Crippen LogP contribution in [-0.4, -0.2) is 40.4 Å². The maximum Gasteiger partial charge on any atom is 0.317 e. The van der Waals surface area contributed by atoms with Crippen LogP contribution < -0.4 is 10.2 Å². The molecule has 0 aliphatic rings. The molecule has 0 spiro atoms. The van der Waals surface area contributed by atoms with Gasteiger partial charge in [0.25, 0.3) is 0 Å². The zero-order valence-electron chi connectivity index (χ0n) is 12.8. The number of H-pyrrole nitrogens is 1. The van der Waals surface area contributed by atoms with Gasteiger partial charge in [0.15, 0.2) is 0 Å². The van der Waals surface area contributed by atoms with Crippen molar-refractivity contribution >= 4 is 17.6 Å². The quantitative estimate of drug-likeness (QED) is 0.744. The first kappa shape index (κ1) is 14.8. The van der Waals surface area contributed by atoms with Crippen molar-refractivity contribution in [2.45, 2.75) is 6.42 Å². The highest BCUT2D eigenvalue weighted by atomic mass is 16.4. The van der Waals surface area contributed by atoms with Gasteiger partial charge in [-0.1, -0.05) is 5.10 Å². The summed E-state index contributed by atoms with van der Waals surface area (Å²) in [6, 6.07) is 9.43. The molecule has 3 rings (SSSR count). The van der Waals surface area contributed by atoms with Crippen LogP contribution in [0.1, 0.15) is 5.69 Å². The molecule has 23 heavy (non-hydrogen) atoms. The first-order valence-electron chi connectivity index (χ1n) is 7.01. The fourth-order valence-corrected chi connectivity index (χ4v) is 1.97. The molecule has 1 amide bonds. The molecule has 2 aromatic heterocycles. The van der Waals surface area contributed by atoms with E-state index in [2.05, 4.69) is 25.7 Å². The van der Waals surface area contributed by atoms with Crippen molar-refractivity contribution in [1.29, 1.82) is 0 Å². The molecule has 8 nitrogen and oxygen atoms in total. The predicted octanol–water partition coefficient (Wildman–Crippen LogP) is 1.71. The highest BCUT2D eigenvalue weighted by Gasteiger charge is 2.10. The summed E-state index contributed by atoms with van der Waals surface area (Å²) < 4.78 is 5.53. The zero-order valence-corrected chi connectivity index (χ0v) is 12.8. The number of nitrogens with one attached hydrogen (secondary N) is 2. The summed E-state index contributed by atoms with van der Waals surface area (Å²) in [4.78, 5) is 13.6. The summed E-state index contributed by atoms with van der Waals surface area (Å²) in [7, 11) is 3.66. The smallest absolute Gasteiger partial charge is 0.317 e. The molecule has 0 fully saturated rings. The van der Waals surface area contributed by atoms with E-state index in [1.54, 1.807) is 29.3 Å². The lowest BCUT2D eigenvalue weighted by molar-refractivity contribution is -0.115. The SMILES string of the molecule is CN(C)c1nnc(-c2ccc(NC(=O)Cc3ccn[nH]3)cc2)o1. The van der Waals surface area contributed by atoms with Gasteiger partial charge in [-0.25, -0.2) is 0 Å². The zero-order chi connectivity index (χ0) is 16.2. The lowest BCUT2D eigenvalue weighted by Crippen LogP contribution is -2.14. The van der Waals surface area contributed by atoms with E-state index < -0.39 is 0 Å². The minimum Gasteiger partial charge on any atom is -0.403 e. The Balaban J connectivity index is 1.65. The monoisotopic (exact) mass is 312 g/mol. The Labute approximate surface area is 132 Å². The highest BCUT2D eigenvalue weighted by molar-refractivity contribution is 5.92. The molecule has 0 atom stereocenters. The third kappa shape index (κ3) is 3.54. The molecule has 118 valence electrons.